The quantitative estimate of drug-likeness (QED) is 0.724. The summed E-state index contributed by atoms with van der Waals surface area (Å²) in [5.74, 6) is -0.299. The maximum Gasteiger partial charge on any atom is 0.412 e. The second kappa shape index (κ2) is 3.36. The average Bonchev–Trinajstić information content (AvgIpc) is 2.05. The SMILES string of the molecule is [2H]C([2H])([2H])N(C(=O)O)c1ccc(Cl)nn1. The van der Waals surface area contributed by atoms with E-state index in [1.807, 2.05) is 0 Å². The summed E-state index contributed by atoms with van der Waals surface area (Å²) in [4.78, 5) is 10.8. The van der Waals surface area contributed by atoms with Crippen molar-refractivity contribution in [1.29, 1.82) is 0 Å². The van der Waals surface area contributed by atoms with Gasteiger partial charge in [0.15, 0.2) is 11.0 Å². The van der Waals surface area contributed by atoms with Crippen molar-refractivity contribution in [3.8, 4) is 0 Å². The number of halogens is 1. The number of nitrogens with zero attached hydrogens (tertiary/aromatic N) is 3. The number of rotatable bonds is 1. The van der Waals surface area contributed by atoms with Gasteiger partial charge < -0.3 is 5.11 Å². The molecule has 0 atom stereocenters. The molecule has 0 spiro atoms. The van der Waals surface area contributed by atoms with Crippen LogP contribution in [0.2, 0.25) is 5.15 Å². The molecule has 5 nitrogen and oxygen atoms in total. The van der Waals surface area contributed by atoms with Gasteiger partial charge >= 0.3 is 6.09 Å². The molecular weight excluding hydrogens is 182 g/mol. The molecule has 0 unspecified atom stereocenters. The zero-order valence-corrected chi connectivity index (χ0v) is 6.49. The van der Waals surface area contributed by atoms with Gasteiger partial charge in [0, 0.05) is 11.1 Å². The Hall–Kier alpha value is -1.36. The van der Waals surface area contributed by atoms with Crippen molar-refractivity contribution in [2.24, 2.45) is 0 Å². The van der Waals surface area contributed by atoms with Crippen LogP contribution in [0.25, 0.3) is 0 Å². The van der Waals surface area contributed by atoms with Gasteiger partial charge in [-0.25, -0.2) is 4.79 Å². The molecule has 1 rings (SSSR count). The Morgan fingerprint density at radius 2 is 2.50 bits per heavy atom. The lowest BCUT2D eigenvalue weighted by Crippen LogP contribution is -2.24. The molecule has 0 aromatic carbocycles. The highest BCUT2D eigenvalue weighted by molar-refractivity contribution is 6.29. The molecule has 0 radical (unpaired) electrons. The van der Waals surface area contributed by atoms with Crippen molar-refractivity contribution in [2.45, 2.75) is 0 Å². The lowest BCUT2D eigenvalue weighted by Gasteiger charge is -2.09. The maximum atomic E-state index is 10.7. The predicted molar refractivity (Wildman–Crippen MR) is 43.5 cm³/mol. The second-order valence-electron chi connectivity index (χ2n) is 1.83. The van der Waals surface area contributed by atoms with Crippen LogP contribution in [0.4, 0.5) is 10.6 Å². The monoisotopic (exact) mass is 190 g/mol. The van der Waals surface area contributed by atoms with Crippen molar-refractivity contribution in [2.75, 3.05) is 11.9 Å². The van der Waals surface area contributed by atoms with E-state index in [4.69, 9.17) is 20.8 Å². The fourth-order valence-corrected chi connectivity index (χ4v) is 0.627. The Morgan fingerprint density at radius 1 is 1.75 bits per heavy atom. The summed E-state index contributed by atoms with van der Waals surface area (Å²) < 4.78 is 21.0. The zero-order chi connectivity index (χ0) is 11.6. The Bertz CT molecular complexity index is 367. The predicted octanol–water partition coefficient (Wildman–Crippen LogP) is 1.24. The number of amides is 1. The van der Waals surface area contributed by atoms with E-state index in [1.54, 1.807) is 0 Å². The third kappa shape index (κ3) is 1.82. The summed E-state index contributed by atoms with van der Waals surface area (Å²) in [5.41, 5.74) is 0. The van der Waals surface area contributed by atoms with E-state index in [1.165, 1.54) is 6.07 Å². The summed E-state index contributed by atoms with van der Waals surface area (Å²) in [6.07, 6.45) is -1.63. The maximum absolute atomic E-state index is 10.7. The van der Waals surface area contributed by atoms with Gasteiger partial charge in [-0.15, -0.1) is 10.2 Å². The summed E-state index contributed by atoms with van der Waals surface area (Å²) >= 11 is 5.43. The van der Waals surface area contributed by atoms with Crippen LogP contribution in [0.5, 0.6) is 0 Å². The van der Waals surface area contributed by atoms with Crippen LogP contribution < -0.4 is 4.90 Å². The highest BCUT2D eigenvalue weighted by Gasteiger charge is 2.09. The van der Waals surface area contributed by atoms with Crippen molar-refractivity contribution < 1.29 is 14.0 Å². The van der Waals surface area contributed by atoms with E-state index in [0.29, 0.717) is 0 Å². The molecule has 64 valence electrons. The Labute approximate surface area is 77.8 Å². The van der Waals surface area contributed by atoms with Crippen LogP contribution >= 0.6 is 11.6 Å². The van der Waals surface area contributed by atoms with E-state index in [2.05, 4.69) is 10.2 Å². The molecule has 1 aromatic rings. The Kier molecular flexibility index (Phi) is 1.49. The molecular formula is C6H6ClN3O2. The molecule has 1 amide bonds. The second-order valence-corrected chi connectivity index (χ2v) is 2.22. The van der Waals surface area contributed by atoms with E-state index in [9.17, 15) is 4.79 Å². The molecule has 6 heteroatoms. The first-order valence-corrected chi connectivity index (χ1v) is 3.22. The van der Waals surface area contributed by atoms with Gasteiger partial charge in [0.2, 0.25) is 0 Å². The number of aromatic nitrogens is 2. The van der Waals surface area contributed by atoms with Crippen LogP contribution in [0.1, 0.15) is 4.11 Å². The highest BCUT2D eigenvalue weighted by Crippen LogP contribution is 2.09. The van der Waals surface area contributed by atoms with Crippen LogP contribution in [0.15, 0.2) is 12.1 Å². The van der Waals surface area contributed by atoms with Crippen molar-refractivity contribution in [3.05, 3.63) is 17.3 Å². The van der Waals surface area contributed by atoms with Crippen molar-refractivity contribution in [3.63, 3.8) is 0 Å². The van der Waals surface area contributed by atoms with Crippen LogP contribution in [0, 0.1) is 0 Å². The van der Waals surface area contributed by atoms with Gasteiger partial charge in [-0.05, 0) is 12.1 Å². The summed E-state index contributed by atoms with van der Waals surface area (Å²) in [7, 11) is 0. The standard InChI is InChI=1S/C6H6ClN3O2/c1-10(6(11)12)5-3-2-4(7)8-9-5/h2-3H,1H3,(H,11,12)/i1D3. The summed E-state index contributed by atoms with van der Waals surface area (Å²) in [6, 6.07) is 2.42. The van der Waals surface area contributed by atoms with E-state index in [-0.39, 0.29) is 15.9 Å². The summed E-state index contributed by atoms with van der Waals surface area (Å²) in [6.45, 7) is -2.83. The van der Waals surface area contributed by atoms with Gasteiger partial charge in [-0.2, -0.15) is 0 Å². The topological polar surface area (TPSA) is 66.3 Å². The molecule has 0 fully saturated rings. The normalized spacial score (nSPS) is 14.2. The molecule has 1 heterocycles. The molecule has 0 aliphatic rings. The first-order valence-electron chi connectivity index (χ1n) is 4.35. The van der Waals surface area contributed by atoms with Crippen LogP contribution in [-0.2, 0) is 0 Å². The summed E-state index contributed by atoms with van der Waals surface area (Å²) in [5, 5.41) is 15.5. The number of hydrogen-bond acceptors (Lipinski definition) is 3. The molecule has 12 heavy (non-hydrogen) atoms. The lowest BCUT2D eigenvalue weighted by atomic mass is 10.5. The molecule has 0 aliphatic heterocycles. The van der Waals surface area contributed by atoms with Crippen LogP contribution in [-0.4, -0.2) is 28.4 Å². The Balaban J connectivity index is 3.11. The average molecular weight is 191 g/mol. The first-order chi connectivity index (χ1) is 6.82. The third-order valence-corrected chi connectivity index (χ3v) is 1.24. The first kappa shape index (κ1) is 5.31. The molecule has 1 N–H and O–H groups in total. The zero-order valence-electron chi connectivity index (χ0n) is 8.73. The third-order valence-electron chi connectivity index (χ3n) is 1.04. The van der Waals surface area contributed by atoms with Crippen molar-refractivity contribution >= 4 is 23.5 Å². The molecule has 0 saturated heterocycles. The van der Waals surface area contributed by atoms with Crippen molar-refractivity contribution in [1.82, 2.24) is 10.2 Å². The number of anilines is 1. The smallest absolute Gasteiger partial charge is 0.412 e. The highest BCUT2D eigenvalue weighted by atomic mass is 35.5. The minimum absolute atomic E-state index is 0.0506. The number of carboxylic acid groups (broad SMARTS) is 1. The molecule has 0 aliphatic carbocycles. The van der Waals surface area contributed by atoms with Gasteiger partial charge in [-0.3, -0.25) is 4.90 Å². The largest absolute Gasteiger partial charge is 0.465 e. The Morgan fingerprint density at radius 3 is 2.92 bits per heavy atom. The number of hydrogen-bond donors (Lipinski definition) is 1. The van der Waals surface area contributed by atoms with Gasteiger partial charge in [0.25, 0.3) is 0 Å². The fourth-order valence-electron chi connectivity index (χ4n) is 0.526. The lowest BCUT2D eigenvalue weighted by molar-refractivity contribution is 0.203. The van der Waals surface area contributed by atoms with Gasteiger partial charge in [0.1, 0.15) is 0 Å². The number of carbonyl (C=O) groups is 1. The minimum Gasteiger partial charge on any atom is -0.465 e. The van der Waals surface area contributed by atoms with E-state index < -0.39 is 13.1 Å². The fraction of sp³-hybridized carbons (Fsp3) is 0.167. The molecule has 0 bridgehead atoms. The van der Waals surface area contributed by atoms with Gasteiger partial charge in [0.05, 0.1) is 0 Å². The molecule has 0 saturated carbocycles. The van der Waals surface area contributed by atoms with E-state index >= 15 is 0 Å². The van der Waals surface area contributed by atoms with E-state index in [0.717, 1.165) is 6.07 Å². The van der Waals surface area contributed by atoms with Crippen LogP contribution in [0.3, 0.4) is 0 Å². The molecule has 1 aromatic heterocycles. The minimum atomic E-state index is -2.83. The van der Waals surface area contributed by atoms with Gasteiger partial charge in [-0.1, -0.05) is 11.6 Å².